The summed E-state index contributed by atoms with van der Waals surface area (Å²) in [7, 11) is 0. The first kappa shape index (κ1) is 20.5. The van der Waals surface area contributed by atoms with Crippen LogP contribution < -0.4 is 10.6 Å². The van der Waals surface area contributed by atoms with Crippen LogP contribution in [0.5, 0.6) is 0 Å². The van der Waals surface area contributed by atoms with Crippen LogP contribution in [0.3, 0.4) is 0 Å². The van der Waals surface area contributed by atoms with Gasteiger partial charge < -0.3 is 10.1 Å². The third-order valence-electron chi connectivity index (χ3n) is 4.31. The number of carbonyl (C=O) groups excluding carboxylic acids is 2. The molecule has 2 aromatic carbocycles. The zero-order valence-corrected chi connectivity index (χ0v) is 17.6. The number of benzene rings is 2. The van der Waals surface area contributed by atoms with Crippen molar-refractivity contribution in [3.8, 4) is 11.3 Å². The van der Waals surface area contributed by atoms with Crippen molar-refractivity contribution < 1.29 is 14.3 Å². The van der Waals surface area contributed by atoms with Crippen molar-refractivity contribution in [3.63, 3.8) is 0 Å². The lowest BCUT2D eigenvalue weighted by Crippen LogP contribution is -2.19. The van der Waals surface area contributed by atoms with E-state index in [4.69, 9.17) is 4.74 Å². The van der Waals surface area contributed by atoms with E-state index in [0.29, 0.717) is 23.0 Å². The second-order valence-corrected chi connectivity index (χ2v) is 7.55. The van der Waals surface area contributed by atoms with Gasteiger partial charge >= 0.3 is 12.0 Å². The van der Waals surface area contributed by atoms with E-state index in [0.717, 1.165) is 22.4 Å². The van der Waals surface area contributed by atoms with Crippen molar-refractivity contribution in [1.29, 1.82) is 0 Å². The number of aryl methyl sites for hydroxylation is 3. The number of anilines is 2. The molecule has 0 radical (unpaired) electrons. The molecule has 0 bridgehead atoms. The van der Waals surface area contributed by atoms with Crippen molar-refractivity contribution in [3.05, 3.63) is 64.0 Å². The molecule has 0 saturated carbocycles. The Kier molecular flexibility index (Phi) is 6.29. The molecule has 3 rings (SSSR count). The number of rotatable bonds is 5. The third kappa shape index (κ3) is 5.00. The summed E-state index contributed by atoms with van der Waals surface area (Å²) in [6.45, 7) is 8.27. The molecule has 2 N–H and O–H groups in total. The second-order valence-electron chi connectivity index (χ2n) is 6.69. The fourth-order valence-electron chi connectivity index (χ4n) is 3.19. The number of urea groups is 1. The number of thiazole rings is 1. The molecular weight excluding hydrogens is 386 g/mol. The van der Waals surface area contributed by atoms with E-state index in [-0.39, 0.29) is 5.97 Å². The zero-order chi connectivity index (χ0) is 21.0. The highest BCUT2D eigenvalue weighted by atomic mass is 32.1. The molecule has 6 nitrogen and oxygen atoms in total. The second kappa shape index (κ2) is 8.87. The Morgan fingerprint density at radius 1 is 1.03 bits per heavy atom. The minimum absolute atomic E-state index is 0.318. The van der Waals surface area contributed by atoms with Crippen LogP contribution in [0.25, 0.3) is 11.3 Å². The van der Waals surface area contributed by atoms with Crippen LogP contribution in [-0.2, 0) is 4.74 Å². The van der Waals surface area contributed by atoms with E-state index < -0.39 is 6.03 Å². The highest BCUT2D eigenvalue weighted by molar-refractivity contribution is 7.14. The molecule has 1 heterocycles. The van der Waals surface area contributed by atoms with Crippen molar-refractivity contribution in [2.45, 2.75) is 27.7 Å². The van der Waals surface area contributed by atoms with Crippen LogP contribution in [0, 0.1) is 20.8 Å². The molecular formula is C22H23N3O3S. The summed E-state index contributed by atoms with van der Waals surface area (Å²) >= 11 is 1.37. The molecule has 1 aromatic heterocycles. The Labute approximate surface area is 173 Å². The maximum absolute atomic E-state index is 12.3. The minimum Gasteiger partial charge on any atom is -0.462 e. The van der Waals surface area contributed by atoms with Crippen molar-refractivity contribution in [1.82, 2.24) is 4.98 Å². The fourth-order valence-corrected chi connectivity index (χ4v) is 3.89. The number of amides is 2. The summed E-state index contributed by atoms with van der Waals surface area (Å²) in [5.41, 5.74) is 6.47. The molecule has 29 heavy (non-hydrogen) atoms. The lowest BCUT2D eigenvalue weighted by molar-refractivity contribution is 0.0526. The molecule has 0 unspecified atom stereocenters. The Hall–Kier alpha value is -3.19. The molecule has 0 spiro atoms. The van der Waals surface area contributed by atoms with Gasteiger partial charge in [-0.2, -0.15) is 0 Å². The van der Waals surface area contributed by atoms with Gasteiger partial charge in [0, 0.05) is 16.6 Å². The smallest absolute Gasteiger partial charge is 0.338 e. The van der Waals surface area contributed by atoms with Crippen LogP contribution in [0.1, 0.15) is 34.0 Å². The monoisotopic (exact) mass is 409 g/mol. The van der Waals surface area contributed by atoms with Gasteiger partial charge in [0.15, 0.2) is 5.13 Å². The predicted octanol–water partition coefficient (Wildman–Crippen LogP) is 5.56. The summed E-state index contributed by atoms with van der Waals surface area (Å²) in [6.07, 6.45) is 0. The molecule has 3 aromatic rings. The van der Waals surface area contributed by atoms with Crippen LogP contribution >= 0.6 is 11.3 Å². The summed E-state index contributed by atoms with van der Waals surface area (Å²) in [5.74, 6) is -0.388. The first-order valence-corrected chi connectivity index (χ1v) is 10.1. The summed E-state index contributed by atoms with van der Waals surface area (Å²) in [5, 5.41) is 7.94. The molecule has 2 amide bonds. The average molecular weight is 410 g/mol. The number of hydrogen-bond acceptors (Lipinski definition) is 5. The van der Waals surface area contributed by atoms with E-state index >= 15 is 0 Å². The number of aromatic nitrogens is 1. The molecule has 0 atom stereocenters. The number of nitrogens with one attached hydrogen (secondary N) is 2. The molecule has 0 fully saturated rings. The molecule has 150 valence electrons. The van der Waals surface area contributed by atoms with Gasteiger partial charge in [0.05, 0.1) is 17.9 Å². The van der Waals surface area contributed by atoms with Crippen molar-refractivity contribution in [2.75, 3.05) is 17.2 Å². The average Bonchev–Trinajstić information content (AvgIpc) is 3.09. The van der Waals surface area contributed by atoms with Gasteiger partial charge in [-0.05, 0) is 63.1 Å². The van der Waals surface area contributed by atoms with Crippen LogP contribution in [0.4, 0.5) is 15.6 Å². The Bertz CT molecular complexity index is 1020. The zero-order valence-electron chi connectivity index (χ0n) is 16.8. The molecule has 7 heteroatoms. The largest absolute Gasteiger partial charge is 0.462 e. The summed E-state index contributed by atoms with van der Waals surface area (Å²) in [6, 6.07) is 10.4. The maximum atomic E-state index is 12.3. The van der Waals surface area contributed by atoms with E-state index in [2.05, 4.69) is 48.5 Å². The number of ether oxygens (including phenoxy) is 1. The van der Waals surface area contributed by atoms with Gasteiger partial charge in [-0.15, -0.1) is 11.3 Å². The number of nitrogens with zero attached hydrogens (tertiary/aromatic N) is 1. The molecule has 0 saturated heterocycles. The van der Waals surface area contributed by atoms with E-state index in [1.165, 1.54) is 16.9 Å². The molecule has 0 aliphatic rings. The lowest BCUT2D eigenvalue weighted by Gasteiger charge is -2.09. The first-order chi connectivity index (χ1) is 13.9. The van der Waals surface area contributed by atoms with E-state index in [1.54, 1.807) is 31.2 Å². The van der Waals surface area contributed by atoms with Gasteiger partial charge in [0.2, 0.25) is 0 Å². The Morgan fingerprint density at radius 3 is 2.31 bits per heavy atom. The summed E-state index contributed by atoms with van der Waals surface area (Å²) < 4.78 is 4.94. The molecule has 0 aliphatic heterocycles. The Morgan fingerprint density at radius 2 is 1.69 bits per heavy atom. The minimum atomic E-state index is -0.396. The summed E-state index contributed by atoms with van der Waals surface area (Å²) in [4.78, 5) is 28.5. The topological polar surface area (TPSA) is 80.3 Å². The van der Waals surface area contributed by atoms with Gasteiger partial charge in [-0.3, -0.25) is 5.32 Å². The highest BCUT2D eigenvalue weighted by Gasteiger charge is 2.13. The Balaban J connectivity index is 1.66. The number of hydrogen-bond donors (Lipinski definition) is 2. The SMILES string of the molecule is CCOC(=O)c1ccc(NC(=O)Nc2nc(-c3c(C)cc(C)cc3C)cs2)cc1. The third-order valence-corrected chi connectivity index (χ3v) is 5.07. The standard InChI is InChI=1S/C22H23N3O3S/c1-5-28-20(26)16-6-8-17(9-7-16)23-21(27)25-22-24-18(12-29-22)19-14(3)10-13(2)11-15(19)4/h6-12H,5H2,1-4H3,(H2,23,24,25,27). The fraction of sp³-hybridized carbons (Fsp3) is 0.227. The number of carbonyl (C=O) groups is 2. The van der Waals surface area contributed by atoms with Crippen LogP contribution in [0.15, 0.2) is 41.8 Å². The van der Waals surface area contributed by atoms with Crippen molar-refractivity contribution in [2.24, 2.45) is 0 Å². The first-order valence-electron chi connectivity index (χ1n) is 9.26. The van der Waals surface area contributed by atoms with Crippen LogP contribution in [-0.4, -0.2) is 23.6 Å². The lowest BCUT2D eigenvalue weighted by atomic mass is 9.98. The van der Waals surface area contributed by atoms with Gasteiger partial charge in [0.1, 0.15) is 0 Å². The van der Waals surface area contributed by atoms with Crippen molar-refractivity contribution >= 4 is 34.2 Å². The highest BCUT2D eigenvalue weighted by Crippen LogP contribution is 2.31. The van der Waals surface area contributed by atoms with E-state index in [9.17, 15) is 9.59 Å². The predicted molar refractivity (Wildman–Crippen MR) is 117 cm³/mol. The molecule has 0 aliphatic carbocycles. The van der Waals surface area contributed by atoms with E-state index in [1.807, 2.05) is 5.38 Å². The van der Waals surface area contributed by atoms with Gasteiger partial charge in [0.25, 0.3) is 0 Å². The quantitative estimate of drug-likeness (QED) is 0.541. The van der Waals surface area contributed by atoms with Gasteiger partial charge in [-0.1, -0.05) is 17.7 Å². The van der Waals surface area contributed by atoms with Gasteiger partial charge in [-0.25, -0.2) is 14.6 Å². The maximum Gasteiger partial charge on any atom is 0.338 e. The normalized spacial score (nSPS) is 10.5. The number of esters is 1. The van der Waals surface area contributed by atoms with Crippen LogP contribution in [0.2, 0.25) is 0 Å².